The van der Waals surface area contributed by atoms with Crippen LogP contribution >= 0.6 is 0 Å². The number of nitrogens with zero attached hydrogens (tertiary/aromatic N) is 4. The zero-order chi connectivity index (χ0) is 51.0. The molecule has 0 aliphatic rings. The Labute approximate surface area is 445 Å². The average molecular weight is 989 g/mol. The van der Waals surface area contributed by atoms with E-state index in [1.807, 2.05) is 36.4 Å². The van der Waals surface area contributed by atoms with E-state index < -0.39 is 8.07 Å². The van der Waals surface area contributed by atoms with E-state index in [9.17, 15) is 0 Å². The number of aryl methyl sites for hydroxylation is 2. The van der Waals surface area contributed by atoms with Crippen molar-refractivity contribution in [1.82, 2.24) is 19.5 Å². The third-order valence-corrected chi connectivity index (χ3v) is 19.7. The average Bonchev–Trinajstić information content (AvgIpc) is 3.87. The number of benzene rings is 11. The Morgan fingerprint density at radius 1 is 0.276 bits per heavy atom. The summed E-state index contributed by atoms with van der Waals surface area (Å²) in [6, 6.07) is 102. The molecular formula is C71H52N4Si. The van der Waals surface area contributed by atoms with Crippen LogP contribution in [0, 0.1) is 13.8 Å². The molecule has 2 aromatic heterocycles. The van der Waals surface area contributed by atoms with Crippen molar-refractivity contribution < 1.29 is 0 Å². The van der Waals surface area contributed by atoms with Crippen LogP contribution in [0.2, 0.25) is 0 Å². The molecule has 5 heteroatoms. The van der Waals surface area contributed by atoms with Crippen LogP contribution in [-0.4, -0.2) is 27.6 Å². The maximum absolute atomic E-state index is 5.45. The van der Waals surface area contributed by atoms with Gasteiger partial charge >= 0.3 is 0 Å². The molecule has 76 heavy (non-hydrogen) atoms. The highest BCUT2D eigenvalue weighted by Crippen LogP contribution is 2.40. The van der Waals surface area contributed by atoms with Gasteiger partial charge in [-0.3, -0.25) is 0 Å². The molecule has 0 aliphatic carbocycles. The summed E-state index contributed by atoms with van der Waals surface area (Å²) in [5, 5.41) is 7.60. The van der Waals surface area contributed by atoms with E-state index in [0.717, 1.165) is 55.7 Å². The first-order valence-corrected chi connectivity index (χ1v) is 28.0. The Balaban J connectivity index is 1.10. The molecule has 0 atom stereocenters. The zero-order valence-electron chi connectivity index (χ0n) is 42.3. The predicted octanol–water partition coefficient (Wildman–Crippen LogP) is 15.0. The molecule has 13 rings (SSSR count). The van der Waals surface area contributed by atoms with Gasteiger partial charge in [0.2, 0.25) is 0 Å². The quantitative estimate of drug-likeness (QED) is 0.0958. The first-order chi connectivity index (χ1) is 37.5. The lowest BCUT2D eigenvalue weighted by molar-refractivity contribution is 1.07. The van der Waals surface area contributed by atoms with Crippen LogP contribution < -0.4 is 20.7 Å². The number of hydrogen-bond acceptors (Lipinski definition) is 3. The molecule has 0 amide bonds. The number of aromatic nitrogens is 4. The highest BCUT2D eigenvalue weighted by molar-refractivity contribution is 7.19. The molecule has 0 unspecified atom stereocenters. The molecule has 0 saturated heterocycles. The molecule has 0 spiro atoms. The summed E-state index contributed by atoms with van der Waals surface area (Å²) < 4.78 is 2.44. The summed E-state index contributed by atoms with van der Waals surface area (Å²) in [4.78, 5) is 16.1. The molecule has 13 aromatic rings. The van der Waals surface area contributed by atoms with E-state index in [4.69, 9.17) is 15.0 Å². The van der Waals surface area contributed by atoms with Gasteiger partial charge in [0.05, 0.1) is 11.0 Å². The fraction of sp³-hybridized carbons (Fsp3) is 0.0282. The van der Waals surface area contributed by atoms with Gasteiger partial charge in [-0.05, 0) is 92.2 Å². The largest absolute Gasteiger partial charge is 0.309 e. The Morgan fingerprint density at radius 2 is 0.671 bits per heavy atom. The van der Waals surface area contributed by atoms with E-state index in [1.165, 1.54) is 53.8 Å². The number of fused-ring (bicyclic) bond motifs is 3. The second-order valence-electron chi connectivity index (χ2n) is 19.7. The van der Waals surface area contributed by atoms with Crippen molar-refractivity contribution >= 4 is 50.6 Å². The van der Waals surface area contributed by atoms with Crippen LogP contribution in [-0.2, 0) is 0 Å². The van der Waals surface area contributed by atoms with E-state index in [-0.39, 0.29) is 0 Å². The molecule has 0 N–H and O–H groups in total. The minimum atomic E-state index is -2.90. The second kappa shape index (κ2) is 19.7. The molecule has 360 valence electrons. The summed E-state index contributed by atoms with van der Waals surface area (Å²) in [6.07, 6.45) is 0. The summed E-state index contributed by atoms with van der Waals surface area (Å²) in [7, 11) is -2.90. The van der Waals surface area contributed by atoms with Crippen LogP contribution in [0.25, 0.3) is 95.0 Å². The van der Waals surface area contributed by atoms with Crippen molar-refractivity contribution in [2.45, 2.75) is 13.8 Å². The van der Waals surface area contributed by atoms with E-state index >= 15 is 0 Å². The third kappa shape index (κ3) is 8.43. The van der Waals surface area contributed by atoms with Crippen molar-refractivity contribution in [3.63, 3.8) is 0 Å². The highest BCUT2D eigenvalue weighted by atomic mass is 28.3. The smallest absolute Gasteiger partial charge is 0.179 e. The van der Waals surface area contributed by atoms with Crippen LogP contribution in [0.3, 0.4) is 0 Å². The van der Waals surface area contributed by atoms with Crippen molar-refractivity contribution in [2.24, 2.45) is 0 Å². The SMILES string of the molecule is Cc1ccc(-c2ccc3c4ccc(-c5ccc(C)cc5)cc4n(-c4ccc(-c5cccc([Si](c6ccccc6)(c6ccccc6)c6ccccc6)c5)c(-c5nc(-c6ccccc6)nc(-c6ccccc6)n5)c4)c3c2)cc1. The fourth-order valence-electron chi connectivity index (χ4n) is 11.2. The van der Waals surface area contributed by atoms with Crippen LogP contribution in [0.5, 0.6) is 0 Å². The molecule has 4 nitrogen and oxygen atoms in total. The first-order valence-electron chi connectivity index (χ1n) is 26.0. The molecular weight excluding hydrogens is 937 g/mol. The number of rotatable bonds is 11. The number of hydrogen-bond donors (Lipinski definition) is 0. The fourth-order valence-corrected chi connectivity index (χ4v) is 16.0. The summed E-state index contributed by atoms with van der Waals surface area (Å²) >= 11 is 0. The topological polar surface area (TPSA) is 43.6 Å². The van der Waals surface area contributed by atoms with Gasteiger partial charge in [0.1, 0.15) is 0 Å². The van der Waals surface area contributed by atoms with Crippen molar-refractivity contribution in [1.29, 1.82) is 0 Å². The van der Waals surface area contributed by atoms with Crippen LogP contribution in [0.1, 0.15) is 11.1 Å². The summed E-state index contributed by atoms with van der Waals surface area (Å²) in [6.45, 7) is 4.28. The van der Waals surface area contributed by atoms with Gasteiger partial charge in [-0.1, -0.05) is 266 Å². The molecule has 2 heterocycles. The Kier molecular flexibility index (Phi) is 12.0. The monoisotopic (exact) mass is 988 g/mol. The lowest BCUT2D eigenvalue weighted by Gasteiger charge is -2.34. The zero-order valence-corrected chi connectivity index (χ0v) is 43.3. The first kappa shape index (κ1) is 46.2. The summed E-state index contributed by atoms with van der Waals surface area (Å²) in [5.74, 6) is 1.82. The maximum atomic E-state index is 5.45. The Hall–Kier alpha value is -9.55. The van der Waals surface area contributed by atoms with Crippen molar-refractivity contribution in [3.8, 4) is 73.2 Å². The predicted molar refractivity (Wildman–Crippen MR) is 320 cm³/mol. The Morgan fingerprint density at radius 3 is 1.13 bits per heavy atom. The minimum Gasteiger partial charge on any atom is -0.309 e. The highest BCUT2D eigenvalue weighted by Gasteiger charge is 2.41. The van der Waals surface area contributed by atoms with E-state index in [0.29, 0.717) is 17.5 Å². The van der Waals surface area contributed by atoms with Crippen molar-refractivity contribution in [2.75, 3.05) is 0 Å². The van der Waals surface area contributed by atoms with E-state index in [2.05, 4.69) is 261 Å². The standard InChI is InChI=1S/C71H52N4Si/c1-49-31-35-51(36-32-49)55-39-42-64-65-43-40-56(52-37-33-50(2)34-38-52)47-68(65)75(67(64)46-55)58-41-44-63(66(48-58)71-73-69(53-19-8-3-9-20-53)72-70(74-71)54-21-10-4-11-22-54)57-23-18-30-62(45-57)76(59-24-12-5-13-25-59,60-26-14-6-15-27-60)61-28-16-7-17-29-61/h3-48H,1-2H3. The molecule has 0 bridgehead atoms. The van der Waals surface area contributed by atoms with Gasteiger partial charge in [-0.25, -0.2) is 15.0 Å². The third-order valence-electron chi connectivity index (χ3n) is 15.0. The molecule has 0 fully saturated rings. The van der Waals surface area contributed by atoms with Crippen LogP contribution in [0.15, 0.2) is 279 Å². The van der Waals surface area contributed by atoms with Crippen molar-refractivity contribution in [3.05, 3.63) is 290 Å². The normalized spacial score (nSPS) is 11.6. The van der Waals surface area contributed by atoms with Crippen LogP contribution in [0.4, 0.5) is 0 Å². The minimum absolute atomic E-state index is 0.592. The van der Waals surface area contributed by atoms with E-state index in [1.54, 1.807) is 0 Å². The van der Waals surface area contributed by atoms with Gasteiger partial charge in [0, 0.05) is 33.2 Å². The van der Waals surface area contributed by atoms with Gasteiger partial charge < -0.3 is 4.57 Å². The second-order valence-corrected chi connectivity index (χ2v) is 23.5. The van der Waals surface area contributed by atoms with Gasteiger partial charge in [0.25, 0.3) is 0 Å². The van der Waals surface area contributed by atoms with Gasteiger partial charge in [-0.2, -0.15) is 0 Å². The molecule has 0 saturated carbocycles. The maximum Gasteiger partial charge on any atom is 0.179 e. The molecule has 11 aromatic carbocycles. The van der Waals surface area contributed by atoms with Gasteiger partial charge in [-0.15, -0.1) is 0 Å². The molecule has 0 radical (unpaired) electrons. The lowest BCUT2D eigenvalue weighted by atomic mass is 9.98. The van der Waals surface area contributed by atoms with Gasteiger partial charge in [0.15, 0.2) is 25.5 Å². The summed E-state index contributed by atoms with van der Waals surface area (Å²) in [5.41, 5.74) is 15.2. The molecule has 0 aliphatic heterocycles. The Bertz CT molecular complexity index is 3940. The lowest BCUT2D eigenvalue weighted by Crippen LogP contribution is -2.74.